The minimum absolute atomic E-state index is 0.0520. The molecule has 0 saturated carbocycles. The molecule has 0 bridgehead atoms. The molecule has 1 atom stereocenters. The number of nitrogens with zero attached hydrogens (tertiary/aromatic N) is 2. The topological polar surface area (TPSA) is 79.7 Å². The van der Waals surface area contributed by atoms with E-state index in [-0.39, 0.29) is 19.1 Å². The first-order chi connectivity index (χ1) is 10.6. The zero-order chi connectivity index (χ0) is 15.7. The van der Waals surface area contributed by atoms with Gasteiger partial charge in [0, 0.05) is 17.6 Å². The second-order valence-electron chi connectivity index (χ2n) is 5.28. The maximum Gasteiger partial charge on any atom is 0.334 e. The SMILES string of the molecule is Cc1ccc2cccc(C(=O)N3CCOC(C(=O)O)C3)c2n1. The molecule has 3 rings (SSSR count). The Morgan fingerprint density at radius 2 is 2.14 bits per heavy atom. The molecule has 1 amide bonds. The van der Waals surface area contributed by atoms with E-state index in [0.29, 0.717) is 17.6 Å². The lowest BCUT2D eigenvalue weighted by Crippen LogP contribution is -2.48. The van der Waals surface area contributed by atoms with E-state index in [4.69, 9.17) is 9.84 Å². The van der Waals surface area contributed by atoms with E-state index < -0.39 is 12.1 Å². The minimum atomic E-state index is -1.05. The number of benzene rings is 1. The fraction of sp³-hybridized carbons (Fsp3) is 0.312. The Labute approximate surface area is 127 Å². The number of para-hydroxylation sites is 1. The van der Waals surface area contributed by atoms with Gasteiger partial charge in [-0.05, 0) is 19.1 Å². The number of carboxylic acid groups (broad SMARTS) is 1. The molecule has 1 saturated heterocycles. The van der Waals surface area contributed by atoms with Gasteiger partial charge in [-0.1, -0.05) is 18.2 Å². The Kier molecular flexibility index (Phi) is 3.77. The first-order valence-electron chi connectivity index (χ1n) is 7.06. The van der Waals surface area contributed by atoms with Crippen LogP contribution < -0.4 is 0 Å². The smallest absolute Gasteiger partial charge is 0.334 e. The van der Waals surface area contributed by atoms with Crippen LogP contribution in [0.3, 0.4) is 0 Å². The van der Waals surface area contributed by atoms with Crippen molar-refractivity contribution in [3.8, 4) is 0 Å². The summed E-state index contributed by atoms with van der Waals surface area (Å²) in [6.45, 7) is 2.52. The average molecular weight is 300 g/mol. The molecule has 6 heteroatoms. The molecule has 1 unspecified atom stereocenters. The maximum atomic E-state index is 12.7. The summed E-state index contributed by atoms with van der Waals surface area (Å²) in [4.78, 5) is 29.7. The van der Waals surface area contributed by atoms with Crippen LogP contribution in [0.15, 0.2) is 30.3 Å². The second kappa shape index (κ2) is 5.73. The molecule has 2 aromatic rings. The molecule has 114 valence electrons. The summed E-state index contributed by atoms with van der Waals surface area (Å²) in [5.74, 6) is -1.26. The number of amides is 1. The van der Waals surface area contributed by atoms with Crippen molar-refractivity contribution in [2.75, 3.05) is 19.7 Å². The number of fused-ring (bicyclic) bond motifs is 1. The Morgan fingerprint density at radius 3 is 2.91 bits per heavy atom. The summed E-state index contributed by atoms with van der Waals surface area (Å²) in [5, 5.41) is 9.93. The van der Waals surface area contributed by atoms with E-state index in [9.17, 15) is 9.59 Å². The third kappa shape index (κ3) is 2.65. The zero-order valence-corrected chi connectivity index (χ0v) is 12.2. The Balaban J connectivity index is 1.95. The number of carbonyl (C=O) groups is 2. The number of rotatable bonds is 2. The fourth-order valence-corrected chi connectivity index (χ4v) is 2.57. The quantitative estimate of drug-likeness (QED) is 0.908. The van der Waals surface area contributed by atoms with Crippen molar-refractivity contribution < 1.29 is 19.4 Å². The van der Waals surface area contributed by atoms with Crippen molar-refractivity contribution in [1.82, 2.24) is 9.88 Å². The van der Waals surface area contributed by atoms with Gasteiger partial charge in [-0.2, -0.15) is 0 Å². The van der Waals surface area contributed by atoms with Crippen LogP contribution in [0.25, 0.3) is 10.9 Å². The van der Waals surface area contributed by atoms with Crippen molar-refractivity contribution in [3.63, 3.8) is 0 Å². The van der Waals surface area contributed by atoms with Gasteiger partial charge in [-0.15, -0.1) is 0 Å². The molecule has 0 spiro atoms. The highest BCUT2D eigenvalue weighted by Crippen LogP contribution is 2.20. The van der Waals surface area contributed by atoms with Crippen molar-refractivity contribution in [2.24, 2.45) is 0 Å². The van der Waals surface area contributed by atoms with Crippen LogP contribution in [-0.4, -0.2) is 52.7 Å². The van der Waals surface area contributed by atoms with Crippen LogP contribution in [0.2, 0.25) is 0 Å². The Hall–Kier alpha value is -2.47. The molecule has 1 fully saturated rings. The van der Waals surface area contributed by atoms with E-state index in [1.165, 1.54) is 4.90 Å². The van der Waals surface area contributed by atoms with Crippen molar-refractivity contribution >= 4 is 22.8 Å². The minimum Gasteiger partial charge on any atom is -0.479 e. The second-order valence-corrected chi connectivity index (χ2v) is 5.28. The number of hydrogen-bond donors (Lipinski definition) is 1. The fourth-order valence-electron chi connectivity index (χ4n) is 2.57. The maximum absolute atomic E-state index is 12.7. The summed E-state index contributed by atoms with van der Waals surface area (Å²) in [6.07, 6.45) is -0.970. The molecule has 1 aliphatic heterocycles. The number of pyridine rings is 1. The van der Waals surface area contributed by atoms with Crippen LogP contribution in [0.1, 0.15) is 16.1 Å². The molecule has 1 N–H and O–H groups in total. The molecular formula is C16H16N2O4. The first-order valence-corrected chi connectivity index (χ1v) is 7.06. The van der Waals surface area contributed by atoms with Crippen LogP contribution in [0.4, 0.5) is 0 Å². The molecule has 1 aromatic heterocycles. The van der Waals surface area contributed by atoms with Gasteiger partial charge in [-0.3, -0.25) is 9.78 Å². The van der Waals surface area contributed by atoms with Gasteiger partial charge in [0.25, 0.3) is 5.91 Å². The molecule has 22 heavy (non-hydrogen) atoms. The zero-order valence-electron chi connectivity index (χ0n) is 12.2. The lowest BCUT2D eigenvalue weighted by molar-refractivity contribution is -0.154. The van der Waals surface area contributed by atoms with Crippen LogP contribution in [-0.2, 0) is 9.53 Å². The van der Waals surface area contributed by atoms with Crippen LogP contribution >= 0.6 is 0 Å². The summed E-state index contributed by atoms with van der Waals surface area (Å²) in [5.41, 5.74) is 1.97. The number of carbonyl (C=O) groups excluding carboxylic acids is 1. The van der Waals surface area contributed by atoms with E-state index in [1.54, 1.807) is 6.07 Å². The summed E-state index contributed by atoms with van der Waals surface area (Å²) >= 11 is 0. The third-order valence-electron chi connectivity index (χ3n) is 3.72. The van der Waals surface area contributed by atoms with Crippen LogP contribution in [0, 0.1) is 6.92 Å². The Morgan fingerprint density at radius 1 is 1.32 bits per heavy atom. The average Bonchev–Trinajstić information content (AvgIpc) is 2.53. The number of aromatic nitrogens is 1. The normalized spacial score (nSPS) is 18.4. The van der Waals surface area contributed by atoms with Crippen molar-refractivity contribution in [2.45, 2.75) is 13.0 Å². The predicted octanol–water partition coefficient (Wildman–Crippen LogP) is 1.47. The molecule has 0 aliphatic carbocycles. The molecule has 1 aliphatic rings. The van der Waals surface area contributed by atoms with Gasteiger partial charge in [0.05, 0.1) is 24.2 Å². The predicted molar refractivity (Wildman–Crippen MR) is 79.8 cm³/mol. The molecule has 6 nitrogen and oxygen atoms in total. The van der Waals surface area contributed by atoms with E-state index >= 15 is 0 Å². The van der Waals surface area contributed by atoms with Gasteiger partial charge in [-0.25, -0.2) is 4.79 Å². The highest BCUT2D eigenvalue weighted by atomic mass is 16.5. The highest BCUT2D eigenvalue weighted by molar-refractivity contribution is 6.05. The number of aliphatic carboxylic acids is 1. The van der Waals surface area contributed by atoms with Crippen molar-refractivity contribution in [3.05, 3.63) is 41.6 Å². The Bertz CT molecular complexity index is 744. The van der Waals surface area contributed by atoms with Crippen molar-refractivity contribution in [1.29, 1.82) is 0 Å². The van der Waals surface area contributed by atoms with Crippen LogP contribution in [0.5, 0.6) is 0 Å². The summed E-state index contributed by atoms with van der Waals surface area (Å²) in [6, 6.07) is 9.25. The number of morpholine rings is 1. The molecular weight excluding hydrogens is 284 g/mol. The first kappa shape index (κ1) is 14.5. The molecule has 2 heterocycles. The van der Waals surface area contributed by atoms with E-state index in [2.05, 4.69) is 4.98 Å². The molecule has 0 radical (unpaired) electrons. The van der Waals surface area contributed by atoms with Gasteiger partial charge >= 0.3 is 5.97 Å². The number of carboxylic acids is 1. The lowest BCUT2D eigenvalue weighted by Gasteiger charge is -2.31. The third-order valence-corrected chi connectivity index (χ3v) is 3.72. The highest BCUT2D eigenvalue weighted by Gasteiger charge is 2.30. The number of ether oxygens (including phenoxy) is 1. The van der Waals surface area contributed by atoms with E-state index in [1.807, 2.05) is 31.2 Å². The van der Waals surface area contributed by atoms with Gasteiger partial charge in [0.15, 0.2) is 6.10 Å². The van der Waals surface area contributed by atoms with E-state index in [0.717, 1.165) is 11.1 Å². The van der Waals surface area contributed by atoms with Gasteiger partial charge in [0.2, 0.25) is 0 Å². The molecule has 1 aromatic carbocycles. The largest absolute Gasteiger partial charge is 0.479 e. The van der Waals surface area contributed by atoms with Gasteiger partial charge in [0.1, 0.15) is 0 Å². The standard InChI is InChI=1S/C16H16N2O4/c1-10-5-6-11-3-2-4-12(14(11)17-10)15(19)18-7-8-22-13(9-18)16(20)21/h2-6,13H,7-9H2,1H3,(H,20,21). The summed E-state index contributed by atoms with van der Waals surface area (Å²) in [7, 11) is 0. The lowest BCUT2D eigenvalue weighted by atomic mass is 10.1. The monoisotopic (exact) mass is 300 g/mol. The van der Waals surface area contributed by atoms with Gasteiger partial charge < -0.3 is 14.7 Å². The number of aryl methyl sites for hydroxylation is 1. The summed E-state index contributed by atoms with van der Waals surface area (Å²) < 4.78 is 5.15. The number of hydrogen-bond acceptors (Lipinski definition) is 4.